The summed E-state index contributed by atoms with van der Waals surface area (Å²) in [5.41, 5.74) is 5.98. The minimum atomic E-state index is -1.11. The van der Waals surface area contributed by atoms with Crippen molar-refractivity contribution in [3.63, 3.8) is 0 Å². The van der Waals surface area contributed by atoms with E-state index in [1.54, 1.807) is 0 Å². The number of furan rings is 2. The van der Waals surface area contributed by atoms with Crippen LogP contribution in [-0.2, 0) is 0 Å². The largest absolute Gasteiger partial charge is 0.455 e. The fourth-order valence-corrected chi connectivity index (χ4v) is 12.2. The normalized spacial score (nSPS) is 11.8. The fourth-order valence-electron chi connectivity index (χ4n) is 7.53. The maximum absolute atomic E-state index is 7.41. The lowest BCUT2D eigenvalue weighted by Gasteiger charge is -2.21. The second kappa shape index (κ2) is 13.1. The number of fused-ring (bicyclic) bond motifs is 6. The molecular weight excluding hydrogens is 670 g/mol. The van der Waals surface area contributed by atoms with E-state index in [-0.39, 0.29) is 0 Å². The monoisotopic (exact) mass is 702 g/mol. The lowest BCUT2D eigenvalue weighted by Crippen LogP contribution is -2.24. The van der Waals surface area contributed by atoms with E-state index in [4.69, 9.17) is 8.83 Å². The highest BCUT2D eigenvalue weighted by Crippen LogP contribution is 2.49. The van der Waals surface area contributed by atoms with E-state index in [2.05, 4.69) is 194 Å². The molecule has 2 heterocycles. The average Bonchev–Trinajstić information content (AvgIpc) is 3.78. The van der Waals surface area contributed by atoms with Gasteiger partial charge in [-0.1, -0.05) is 182 Å². The van der Waals surface area contributed by atoms with E-state index >= 15 is 0 Å². The third-order valence-electron chi connectivity index (χ3n) is 9.84. The number of benzene rings is 8. The Morgan fingerprint density at radius 2 is 0.731 bits per heavy atom. The van der Waals surface area contributed by atoms with Gasteiger partial charge >= 0.3 is 0 Å². The highest BCUT2D eigenvalue weighted by atomic mass is 31.1. The Bertz CT molecular complexity index is 2760. The minimum Gasteiger partial charge on any atom is -0.455 e. The standard InChI is InChI=1S/C48H32O2P2/c1-5-19-35(20-6-1)51(36-21-7-2-8-22-36)47-44(41-31-29-34-18-14-16-28-40(34)46(41)50-47)45-43-39-27-15-13-17-33(39)30-32-42(43)49-48(45)52(37-23-9-3-10-24-37)38-25-11-4-12-26-38/h1-32H. The Kier molecular flexibility index (Phi) is 7.80. The highest BCUT2D eigenvalue weighted by molar-refractivity contribution is 7.80. The molecule has 246 valence electrons. The van der Waals surface area contributed by atoms with Crippen LogP contribution in [0.15, 0.2) is 203 Å². The first-order valence-corrected chi connectivity index (χ1v) is 20.2. The number of hydrogen-bond acceptors (Lipinski definition) is 2. The summed E-state index contributed by atoms with van der Waals surface area (Å²) in [5, 5.41) is 11.8. The van der Waals surface area contributed by atoms with Crippen LogP contribution in [0.1, 0.15) is 0 Å². The molecule has 2 nitrogen and oxygen atoms in total. The van der Waals surface area contributed by atoms with Crippen molar-refractivity contribution in [2.45, 2.75) is 0 Å². The van der Waals surface area contributed by atoms with Crippen molar-refractivity contribution in [3.05, 3.63) is 194 Å². The van der Waals surface area contributed by atoms with Gasteiger partial charge in [-0.15, -0.1) is 0 Å². The first-order valence-electron chi connectivity index (χ1n) is 17.5. The van der Waals surface area contributed by atoms with Crippen molar-refractivity contribution in [2.24, 2.45) is 0 Å². The fraction of sp³-hybridized carbons (Fsp3) is 0. The summed E-state index contributed by atoms with van der Waals surface area (Å²) in [5.74, 6) is 0. The maximum Gasteiger partial charge on any atom is 0.143 e. The second-order valence-corrected chi connectivity index (χ2v) is 17.1. The van der Waals surface area contributed by atoms with Crippen LogP contribution in [0, 0.1) is 0 Å². The van der Waals surface area contributed by atoms with E-state index in [9.17, 15) is 0 Å². The zero-order chi connectivity index (χ0) is 34.4. The van der Waals surface area contributed by atoms with Crippen LogP contribution in [0.3, 0.4) is 0 Å². The third kappa shape index (κ3) is 5.18. The first kappa shape index (κ1) is 31.0. The Morgan fingerprint density at radius 1 is 0.308 bits per heavy atom. The van der Waals surface area contributed by atoms with Gasteiger partial charge in [0.2, 0.25) is 0 Å². The molecule has 4 heteroatoms. The van der Waals surface area contributed by atoms with Gasteiger partial charge in [-0.05, 0) is 49.5 Å². The molecule has 0 saturated heterocycles. The Hall–Kier alpha value is -5.78. The molecule has 0 amide bonds. The van der Waals surface area contributed by atoms with Gasteiger partial charge in [0.1, 0.15) is 22.2 Å². The van der Waals surface area contributed by atoms with Gasteiger partial charge in [-0.25, -0.2) is 0 Å². The Morgan fingerprint density at radius 3 is 1.27 bits per heavy atom. The lowest BCUT2D eigenvalue weighted by molar-refractivity contribution is 0.653. The topological polar surface area (TPSA) is 26.3 Å². The zero-order valence-electron chi connectivity index (χ0n) is 28.2. The summed E-state index contributed by atoms with van der Waals surface area (Å²) < 4.78 is 14.7. The third-order valence-corrected chi connectivity index (χ3v) is 14.5. The van der Waals surface area contributed by atoms with E-state index in [1.807, 2.05) is 0 Å². The molecule has 10 aromatic rings. The van der Waals surface area contributed by atoms with Crippen LogP contribution in [0.5, 0.6) is 0 Å². The summed E-state index contributed by atoms with van der Waals surface area (Å²) in [4.78, 5) is 0. The molecule has 0 unspecified atom stereocenters. The molecule has 0 atom stereocenters. The van der Waals surface area contributed by atoms with Gasteiger partial charge < -0.3 is 8.83 Å². The molecule has 0 bridgehead atoms. The van der Waals surface area contributed by atoms with Crippen LogP contribution in [-0.4, -0.2) is 0 Å². The summed E-state index contributed by atoms with van der Waals surface area (Å²) >= 11 is 0. The highest BCUT2D eigenvalue weighted by Gasteiger charge is 2.34. The van der Waals surface area contributed by atoms with Gasteiger partial charge in [0.25, 0.3) is 0 Å². The average molecular weight is 703 g/mol. The van der Waals surface area contributed by atoms with Crippen molar-refractivity contribution >= 4 is 91.5 Å². The Labute approximate surface area is 304 Å². The van der Waals surface area contributed by atoms with Crippen molar-refractivity contribution in [3.8, 4) is 11.1 Å². The SMILES string of the molecule is c1ccc(P(c2ccccc2)c2oc3c(ccc4ccccc43)c2-c2c(P(c3ccccc3)c3ccccc3)oc3ccc4ccccc4c23)cc1. The molecule has 0 aliphatic heterocycles. The second-order valence-electron chi connectivity index (χ2n) is 12.9. The predicted octanol–water partition coefficient (Wildman–Crippen LogP) is 10.7. The molecule has 0 N–H and O–H groups in total. The number of hydrogen-bond donors (Lipinski definition) is 0. The van der Waals surface area contributed by atoms with Crippen molar-refractivity contribution < 1.29 is 8.83 Å². The molecule has 0 aliphatic carbocycles. The van der Waals surface area contributed by atoms with E-state index in [0.717, 1.165) is 54.8 Å². The molecule has 52 heavy (non-hydrogen) atoms. The summed E-state index contributed by atoms with van der Waals surface area (Å²) in [6.45, 7) is 0. The zero-order valence-corrected chi connectivity index (χ0v) is 30.0. The van der Waals surface area contributed by atoms with E-state index in [0.29, 0.717) is 0 Å². The molecular formula is C48H32O2P2. The molecule has 2 aromatic heterocycles. The van der Waals surface area contributed by atoms with Crippen LogP contribution in [0.2, 0.25) is 0 Å². The summed E-state index contributed by atoms with van der Waals surface area (Å²) in [7, 11) is -2.22. The molecule has 10 rings (SSSR count). The molecule has 0 radical (unpaired) electrons. The van der Waals surface area contributed by atoms with Crippen molar-refractivity contribution in [2.75, 3.05) is 0 Å². The van der Waals surface area contributed by atoms with Gasteiger partial charge in [-0.2, -0.15) is 0 Å². The molecule has 0 aliphatic rings. The van der Waals surface area contributed by atoms with Crippen molar-refractivity contribution in [1.29, 1.82) is 0 Å². The Balaban J connectivity index is 1.41. The van der Waals surface area contributed by atoms with Crippen molar-refractivity contribution in [1.82, 2.24) is 0 Å². The van der Waals surface area contributed by atoms with Crippen LogP contribution in [0.25, 0.3) is 54.6 Å². The molecule has 8 aromatic carbocycles. The molecule has 0 fully saturated rings. The van der Waals surface area contributed by atoms with Gasteiger partial charge in [-0.3, -0.25) is 0 Å². The molecule has 0 spiro atoms. The maximum atomic E-state index is 7.41. The summed E-state index contributed by atoms with van der Waals surface area (Å²) in [6, 6.07) is 69.6. The van der Waals surface area contributed by atoms with Gasteiger partial charge in [0.05, 0.1) is 0 Å². The van der Waals surface area contributed by atoms with Gasteiger partial charge in [0.15, 0.2) is 0 Å². The predicted molar refractivity (Wildman–Crippen MR) is 224 cm³/mol. The minimum absolute atomic E-state index is 0.882. The van der Waals surface area contributed by atoms with Crippen LogP contribution in [0.4, 0.5) is 0 Å². The number of rotatable bonds is 7. The quantitative estimate of drug-likeness (QED) is 0.155. The van der Waals surface area contributed by atoms with E-state index in [1.165, 1.54) is 32.0 Å². The van der Waals surface area contributed by atoms with Gasteiger partial charge in [0, 0.05) is 43.1 Å². The first-order chi connectivity index (χ1) is 25.8. The smallest absolute Gasteiger partial charge is 0.143 e. The molecule has 0 saturated carbocycles. The van der Waals surface area contributed by atoms with Crippen LogP contribution < -0.4 is 32.2 Å². The lowest BCUT2D eigenvalue weighted by atomic mass is 9.98. The van der Waals surface area contributed by atoms with E-state index < -0.39 is 15.8 Å². The summed E-state index contributed by atoms with van der Waals surface area (Å²) in [6.07, 6.45) is 0. The van der Waals surface area contributed by atoms with Crippen LogP contribution >= 0.6 is 15.8 Å².